The number of methoxy groups -OCH3 is 2. The Balaban J connectivity index is 1.75. The van der Waals surface area contributed by atoms with Crippen molar-refractivity contribution < 1.29 is 9.47 Å². The Labute approximate surface area is 143 Å². The molecule has 1 N–H and O–H groups in total. The van der Waals surface area contributed by atoms with Crippen LogP contribution in [0.15, 0.2) is 60.7 Å². The molecule has 0 aliphatic heterocycles. The molecule has 0 aliphatic carbocycles. The molecule has 0 radical (unpaired) electrons. The van der Waals surface area contributed by atoms with Crippen molar-refractivity contribution in [1.29, 1.82) is 0 Å². The molecule has 3 aromatic carbocycles. The number of para-hydroxylation sites is 2. The standard InChI is InChI=1S/C21H23NO2/c1-15(14-22-20-6-4-5-7-21(20)24-3)16-8-9-18-13-19(23-2)11-10-17(18)12-16/h4-13,15,22H,14H2,1-3H3. The minimum Gasteiger partial charge on any atom is -0.497 e. The number of ether oxygens (including phenoxy) is 2. The molecular weight excluding hydrogens is 298 g/mol. The Bertz CT molecular complexity index is 829. The van der Waals surface area contributed by atoms with Crippen molar-refractivity contribution in [2.24, 2.45) is 0 Å². The Morgan fingerprint density at radius 1 is 0.875 bits per heavy atom. The van der Waals surface area contributed by atoms with E-state index in [1.54, 1.807) is 14.2 Å². The van der Waals surface area contributed by atoms with E-state index >= 15 is 0 Å². The molecule has 1 atom stereocenters. The van der Waals surface area contributed by atoms with E-state index in [4.69, 9.17) is 9.47 Å². The van der Waals surface area contributed by atoms with E-state index in [2.05, 4.69) is 42.6 Å². The predicted molar refractivity (Wildman–Crippen MR) is 100 cm³/mol. The molecule has 1 unspecified atom stereocenters. The van der Waals surface area contributed by atoms with E-state index in [9.17, 15) is 0 Å². The molecule has 0 spiro atoms. The number of fused-ring (bicyclic) bond motifs is 1. The van der Waals surface area contributed by atoms with Crippen molar-refractivity contribution >= 4 is 16.5 Å². The summed E-state index contributed by atoms with van der Waals surface area (Å²) in [6.07, 6.45) is 0. The zero-order chi connectivity index (χ0) is 16.9. The Hall–Kier alpha value is -2.68. The zero-order valence-corrected chi connectivity index (χ0v) is 14.4. The van der Waals surface area contributed by atoms with Gasteiger partial charge in [0.05, 0.1) is 19.9 Å². The maximum Gasteiger partial charge on any atom is 0.141 e. The lowest BCUT2D eigenvalue weighted by atomic mass is 9.97. The summed E-state index contributed by atoms with van der Waals surface area (Å²) in [4.78, 5) is 0. The molecule has 0 bridgehead atoms. The quantitative estimate of drug-likeness (QED) is 0.687. The van der Waals surface area contributed by atoms with Gasteiger partial charge in [-0.15, -0.1) is 0 Å². The van der Waals surface area contributed by atoms with Crippen LogP contribution >= 0.6 is 0 Å². The van der Waals surface area contributed by atoms with Crippen LogP contribution in [-0.2, 0) is 0 Å². The molecule has 3 nitrogen and oxygen atoms in total. The molecular formula is C21H23NO2. The highest BCUT2D eigenvalue weighted by molar-refractivity contribution is 5.84. The number of anilines is 1. The maximum absolute atomic E-state index is 5.39. The largest absolute Gasteiger partial charge is 0.497 e. The second kappa shape index (κ2) is 7.26. The van der Waals surface area contributed by atoms with Gasteiger partial charge in [-0.05, 0) is 46.5 Å². The highest BCUT2D eigenvalue weighted by Crippen LogP contribution is 2.27. The number of benzene rings is 3. The first-order valence-electron chi connectivity index (χ1n) is 8.16. The molecule has 0 aliphatic rings. The highest BCUT2D eigenvalue weighted by atomic mass is 16.5. The monoisotopic (exact) mass is 321 g/mol. The van der Waals surface area contributed by atoms with Gasteiger partial charge in [-0.3, -0.25) is 0 Å². The third kappa shape index (κ3) is 3.46. The van der Waals surface area contributed by atoms with Gasteiger partial charge in [-0.25, -0.2) is 0 Å². The predicted octanol–water partition coefficient (Wildman–Crippen LogP) is 5.07. The molecule has 3 aromatic rings. The van der Waals surface area contributed by atoms with E-state index in [1.807, 2.05) is 30.3 Å². The minimum absolute atomic E-state index is 0.390. The topological polar surface area (TPSA) is 30.5 Å². The lowest BCUT2D eigenvalue weighted by Gasteiger charge is -2.16. The van der Waals surface area contributed by atoms with Crippen LogP contribution in [0, 0.1) is 0 Å². The number of nitrogens with one attached hydrogen (secondary N) is 1. The highest BCUT2D eigenvalue weighted by Gasteiger charge is 2.08. The SMILES string of the molecule is COc1ccc2cc(C(C)CNc3ccccc3OC)ccc2c1. The molecule has 0 fully saturated rings. The van der Waals surface area contributed by atoms with Crippen LogP contribution in [0.4, 0.5) is 5.69 Å². The Morgan fingerprint density at radius 2 is 1.62 bits per heavy atom. The first-order valence-corrected chi connectivity index (χ1v) is 8.16. The summed E-state index contributed by atoms with van der Waals surface area (Å²) >= 11 is 0. The summed E-state index contributed by atoms with van der Waals surface area (Å²) in [5.41, 5.74) is 2.34. The fourth-order valence-electron chi connectivity index (χ4n) is 2.85. The molecule has 0 amide bonds. The van der Waals surface area contributed by atoms with Crippen molar-refractivity contribution in [1.82, 2.24) is 0 Å². The molecule has 3 rings (SSSR count). The number of rotatable bonds is 6. The lowest BCUT2D eigenvalue weighted by Crippen LogP contribution is -2.10. The fourth-order valence-corrected chi connectivity index (χ4v) is 2.85. The third-order valence-corrected chi connectivity index (χ3v) is 4.35. The summed E-state index contributed by atoms with van der Waals surface area (Å²) < 4.78 is 10.7. The van der Waals surface area contributed by atoms with Gasteiger partial charge in [0.25, 0.3) is 0 Å². The van der Waals surface area contributed by atoms with E-state index in [0.29, 0.717) is 5.92 Å². The summed E-state index contributed by atoms with van der Waals surface area (Å²) in [5.74, 6) is 2.15. The van der Waals surface area contributed by atoms with Gasteiger partial charge in [0.1, 0.15) is 11.5 Å². The number of hydrogen-bond donors (Lipinski definition) is 1. The van der Waals surface area contributed by atoms with E-state index in [1.165, 1.54) is 16.3 Å². The van der Waals surface area contributed by atoms with Crippen LogP contribution in [0.1, 0.15) is 18.4 Å². The molecule has 3 heteroatoms. The molecule has 124 valence electrons. The van der Waals surface area contributed by atoms with Gasteiger partial charge >= 0.3 is 0 Å². The maximum atomic E-state index is 5.39. The van der Waals surface area contributed by atoms with Crippen LogP contribution in [0.5, 0.6) is 11.5 Å². The fraction of sp³-hybridized carbons (Fsp3) is 0.238. The summed E-state index contributed by atoms with van der Waals surface area (Å²) in [6.45, 7) is 3.08. The van der Waals surface area contributed by atoms with Gasteiger partial charge in [0.2, 0.25) is 0 Å². The third-order valence-electron chi connectivity index (χ3n) is 4.35. The second-order valence-corrected chi connectivity index (χ2v) is 5.95. The van der Waals surface area contributed by atoms with Crippen molar-refractivity contribution in [3.05, 3.63) is 66.2 Å². The number of hydrogen-bond acceptors (Lipinski definition) is 3. The Kier molecular flexibility index (Phi) is 4.90. The smallest absolute Gasteiger partial charge is 0.141 e. The van der Waals surface area contributed by atoms with E-state index in [-0.39, 0.29) is 0 Å². The van der Waals surface area contributed by atoms with Crippen molar-refractivity contribution in [3.63, 3.8) is 0 Å². The summed E-state index contributed by atoms with van der Waals surface area (Å²) in [5, 5.41) is 5.91. The summed E-state index contributed by atoms with van der Waals surface area (Å²) in [7, 11) is 3.39. The van der Waals surface area contributed by atoms with Gasteiger partial charge < -0.3 is 14.8 Å². The van der Waals surface area contributed by atoms with Crippen LogP contribution in [-0.4, -0.2) is 20.8 Å². The van der Waals surface area contributed by atoms with Gasteiger partial charge in [0.15, 0.2) is 0 Å². The average molecular weight is 321 g/mol. The van der Waals surface area contributed by atoms with Crippen LogP contribution in [0.25, 0.3) is 10.8 Å². The minimum atomic E-state index is 0.390. The molecule has 0 heterocycles. The first kappa shape index (κ1) is 16.2. The van der Waals surface area contributed by atoms with Gasteiger partial charge in [-0.2, -0.15) is 0 Å². The van der Waals surface area contributed by atoms with Crippen molar-refractivity contribution in [3.8, 4) is 11.5 Å². The molecule has 24 heavy (non-hydrogen) atoms. The van der Waals surface area contributed by atoms with Crippen LogP contribution < -0.4 is 14.8 Å². The molecule has 0 saturated carbocycles. The zero-order valence-electron chi connectivity index (χ0n) is 14.4. The van der Waals surface area contributed by atoms with Crippen LogP contribution in [0.3, 0.4) is 0 Å². The normalized spacial score (nSPS) is 12.0. The van der Waals surface area contributed by atoms with Crippen LogP contribution in [0.2, 0.25) is 0 Å². The average Bonchev–Trinajstić information content (AvgIpc) is 2.65. The second-order valence-electron chi connectivity index (χ2n) is 5.95. The summed E-state index contributed by atoms with van der Waals surface area (Å²) in [6, 6.07) is 20.8. The van der Waals surface area contributed by atoms with Crippen molar-refractivity contribution in [2.45, 2.75) is 12.8 Å². The van der Waals surface area contributed by atoms with E-state index in [0.717, 1.165) is 23.7 Å². The lowest BCUT2D eigenvalue weighted by molar-refractivity contribution is 0.415. The molecule has 0 saturated heterocycles. The van der Waals surface area contributed by atoms with Crippen molar-refractivity contribution in [2.75, 3.05) is 26.1 Å². The Morgan fingerprint density at radius 3 is 2.42 bits per heavy atom. The van der Waals surface area contributed by atoms with Gasteiger partial charge in [-0.1, -0.05) is 43.3 Å². The first-order chi connectivity index (χ1) is 11.7. The van der Waals surface area contributed by atoms with Gasteiger partial charge in [0, 0.05) is 6.54 Å². The molecule has 0 aromatic heterocycles. The van der Waals surface area contributed by atoms with E-state index < -0.39 is 0 Å².